The molecule has 1 aromatic heterocycles. The number of nitrogens with zero attached hydrogens (tertiary/aromatic N) is 2. The molecule has 2 aromatic rings. The van der Waals surface area contributed by atoms with Crippen molar-refractivity contribution in [1.29, 1.82) is 0 Å². The molecular weight excluding hydrogens is 332 g/mol. The lowest BCUT2D eigenvalue weighted by atomic mass is 10.1. The average Bonchev–Trinajstić information content (AvgIpc) is 3.18. The highest BCUT2D eigenvalue weighted by molar-refractivity contribution is 6.29. The molecule has 0 bridgehead atoms. The van der Waals surface area contributed by atoms with Crippen molar-refractivity contribution < 1.29 is 19.2 Å². The first-order chi connectivity index (χ1) is 11.5. The quantitative estimate of drug-likeness (QED) is 0.865. The minimum atomic E-state index is -1.01. The molecule has 2 heterocycles. The van der Waals surface area contributed by atoms with Crippen LogP contribution in [-0.2, 0) is 11.2 Å². The maximum Gasteiger partial charge on any atom is 0.223 e. The fourth-order valence-electron chi connectivity index (χ4n) is 2.72. The van der Waals surface area contributed by atoms with Crippen LogP contribution in [0.4, 0.5) is 0 Å². The lowest BCUT2D eigenvalue weighted by Crippen LogP contribution is -2.40. The predicted molar refractivity (Wildman–Crippen MR) is 87.9 cm³/mol. The van der Waals surface area contributed by atoms with Gasteiger partial charge >= 0.3 is 0 Å². The van der Waals surface area contributed by atoms with Crippen molar-refractivity contribution in [3.63, 3.8) is 0 Å². The SMILES string of the molecule is O=C(CCc1cc(Cl)no1)N1CC[C@@](O)(COc2ccccc2)C1. The molecule has 1 fully saturated rings. The summed E-state index contributed by atoms with van der Waals surface area (Å²) in [6.07, 6.45) is 1.23. The number of amides is 1. The van der Waals surface area contributed by atoms with Crippen LogP contribution in [0.1, 0.15) is 18.6 Å². The molecule has 1 N–H and O–H groups in total. The topological polar surface area (TPSA) is 75.8 Å². The van der Waals surface area contributed by atoms with E-state index in [-0.39, 0.29) is 24.2 Å². The van der Waals surface area contributed by atoms with E-state index < -0.39 is 5.60 Å². The molecule has 24 heavy (non-hydrogen) atoms. The Labute approximate surface area is 144 Å². The molecule has 7 heteroatoms. The van der Waals surface area contributed by atoms with Gasteiger partial charge in [0.1, 0.15) is 23.7 Å². The number of para-hydroxylation sites is 1. The van der Waals surface area contributed by atoms with E-state index in [9.17, 15) is 9.90 Å². The van der Waals surface area contributed by atoms with Crippen molar-refractivity contribution in [2.45, 2.75) is 24.9 Å². The second-order valence-electron chi connectivity index (χ2n) is 6.01. The van der Waals surface area contributed by atoms with Crippen LogP contribution in [0.3, 0.4) is 0 Å². The molecule has 1 atom stereocenters. The monoisotopic (exact) mass is 350 g/mol. The Bertz CT molecular complexity index is 691. The van der Waals surface area contributed by atoms with Gasteiger partial charge < -0.3 is 19.3 Å². The van der Waals surface area contributed by atoms with E-state index in [2.05, 4.69) is 5.16 Å². The van der Waals surface area contributed by atoms with Gasteiger partial charge in [0.25, 0.3) is 0 Å². The van der Waals surface area contributed by atoms with Gasteiger partial charge in [0.05, 0.1) is 6.54 Å². The first-order valence-electron chi connectivity index (χ1n) is 7.83. The third-order valence-electron chi connectivity index (χ3n) is 4.05. The maximum absolute atomic E-state index is 12.3. The first-order valence-corrected chi connectivity index (χ1v) is 8.21. The van der Waals surface area contributed by atoms with E-state index in [1.54, 1.807) is 11.0 Å². The molecule has 0 unspecified atom stereocenters. The smallest absolute Gasteiger partial charge is 0.223 e. The molecule has 1 saturated heterocycles. The van der Waals surface area contributed by atoms with Gasteiger partial charge in [-0.1, -0.05) is 35.0 Å². The zero-order valence-corrected chi connectivity index (χ0v) is 13.9. The largest absolute Gasteiger partial charge is 0.491 e. The summed E-state index contributed by atoms with van der Waals surface area (Å²) in [7, 11) is 0. The van der Waals surface area contributed by atoms with E-state index in [0.29, 0.717) is 37.3 Å². The van der Waals surface area contributed by atoms with Crippen molar-refractivity contribution >= 4 is 17.5 Å². The summed E-state index contributed by atoms with van der Waals surface area (Å²) in [6, 6.07) is 10.9. The Hall–Kier alpha value is -2.05. The van der Waals surface area contributed by atoms with Crippen molar-refractivity contribution in [2.75, 3.05) is 19.7 Å². The number of aliphatic hydroxyl groups is 1. The molecule has 6 nitrogen and oxygen atoms in total. The number of β-amino-alcohol motifs (C(OH)–C–C–N with tert-alkyl or cyclic N) is 1. The molecule has 1 amide bonds. The Morgan fingerprint density at radius 2 is 2.21 bits per heavy atom. The van der Waals surface area contributed by atoms with Crippen molar-refractivity contribution in [3.8, 4) is 5.75 Å². The fourth-order valence-corrected chi connectivity index (χ4v) is 2.87. The Kier molecular flexibility index (Phi) is 5.06. The summed E-state index contributed by atoms with van der Waals surface area (Å²) in [6.45, 7) is 0.957. The highest BCUT2D eigenvalue weighted by atomic mass is 35.5. The molecule has 3 rings (SSSR count). The highest BCUT2D eigenvalue weighted by Crippen LogP contribution is 2.24. The first kappa shape index (κ1) is 16.8. The minimum Gasteiger partial charge on any atom is -0.491 e. The third-order valence-corrected chi connectivity index (χ3v) is 4.23. The Morgan fingerprint density at radius 1 is 1.42 bits per heavy atom. The van der Waals surface area contributed by atoms with Crippen molar-refractivity contribution in [3.05, 3.63) is 47.3 Å². The van der Waals surface area contributed by atoms with Gasteiger partial charge in [0.15, 0.2) is 5.15 Å². The normalized spacial score (nSPS) is 20.3. The standard InChI is InChI=1S/C17H19ClN2O4/c18-15-10-14(24-19-15)6-7-16(21)20-9-8-17(22,11-20)12-23-13-4-2-1-3-5-13/h1-5,10,22H,6-9,11-12H2/t17-/m0/s1. The number of aromatic nitrogens is 1. The van der Waals surface area contributed by atoms with E-state index in [1.807, 2.05) is 30.3 Å². The zero-order chi connectivity index (χ0) is 17.0. The van der Waals surface area contributed by atoms with Crippen LogP contribution in [0.5, 0.6) is 5.75 Å². The number of carbonyl (C=O) groups excluding carboxylic acids is 1. The third kappa shape index (κ3) is 4.27. The summed E-state index contributed by atoms with van der Waals surface area (Å²) in [5.74, 6) is 1.26. The number of likely N-dealkylation sites (tertiary alicyclic amines) is 1. The van der Waals surface area contributed by atoms with Crippen molar-refractivity contribution in [1.82, 2.24) is 10.1 Å². The fraction of sp³-hybridized carbons (Fsp3) is 0.412. The number of hydrogen-bond acceptors (Lipinski definition) is 5. The van der Waals surface area contributed by atoms with Crippen LogP contribution in [0, 0.1) is 0 Å². The van der Waals surface area contributed by atoms with Crippen molar-refractivity contribution in [2.24, 2.45) is 0 Å². The van der Waals surface area contributed by atoms with Crippen LogP contribution >= 0.6 is 11.6 Å². The molecular formula is C17H19ClN2O4. The van der Waals surface area contributed by atoms with Gasteiger partial charge in [-0.15, -0.1) is 0 Å². The lowest BCUT2D eigenvalue weighted by molar-refractivity contribution is -0.131. The number of ether oxygens (including phenoxy) is 1. The number of halogens is 1. The maximum atomic E-state index is 12.3. The van der Waals surface area contributed by atoms with Gasteiger partial charge in [-0.25, -0.2) is 0 Å². The Morgan fingerprint density at radius 3 is 2.92 bits per heavy atom. The summed E-state index contributed by atoms with van der Waals surface area (Å²) in [4.78, 5) is 13.9. The number of carbonyl (C=O) groups is 1. The average molecular weight is 351 g/mol. The zero-order valence-electron chi connectivity index (χ0n) is 13.2. The minimum absolute atomic E-state index is 0.0295. The summed E-state index contributed by atoms with van der Waals surface area (Å²) >= 11 is 5.68. The molecule has 0 saturated carbocycles. The van der Waals surface area contributed by atoms with E-state index >= 15 is 0 Å². The molecule has 0 spiro atoms. The molecule has 128 valence electrons. The van der Waals surface area contributed by atoms with Gasteiger partial charge in [-0.3, -0.25) is 4.79 Å². The molecule has 1 aliphatic rings. The van der Waals surface area contributed by atoms with Gasteiger partial charge in [0.2, 0.25) is 5.91 Å². The van der Waals surface area contributed by atoms with Gasteiger partial charge in [0, 0.05) is 25.5 Å². The second kappa shape index (κ2) is 7.23. The van der Waals surface area contributed by atoms with Gasteiger partial charge in [-0.2, -0.15) is 0 Å². The van der Waals surface area contributed by atoms with E-state index in [4.69, 9.17) is 20.9 Å². The molecule has 1 aliphatic heterocycles. The van der Waals surface area contributed by atoms with E-state index in [1.165, 1.54) is 0 Å². The molecule has 0 radical (unpaired) electrons. The summed E-state index contributed by atoms with van der Waals surface area (Å²) in [5.41, 5.74) is -1.01. The number of benzene rings is 1. The van der Waals surface area contributed by atoms with Crippen LogP contribution in [-0.4, -0.2) is 46.4 Å². The van der Waals surface area contributed by atoms with Crippen LogP contribution in [0.25, 0.3) is 0 Å². The summed E-state index contributed by atoms with van der Waals surface area (Å²) < 4.78 is 10.6. The van der Waals surface area contributed by atoms with Crippen LogP contribution < -0.4 is 4.74 Å². The Balaban J connectivity index is 1.47. The van der Waals surface area contributed by atoms with Crippen LogP contribution in [0.15, 0.2) is 40.9 Å². The lowest BCUT2D eigenvalue weighted by Gasteiger charge is -2.23. The predicted octanol–water partition coefficient (Wildman–Crippen LogP) is 2.30. The number of aryl methyl sites for hydroxylation is 1. The molecule has 0 aliphatic carbocycles. The van der Waals surface area contributed by atoms with E-state index in [0.717, 1.165) is 0 Å². The number of rotatable bonds is 6. The second-order valence-corrected chi connectivity index (χ2v) is 6.39. The highest BCUT2D eigenvalue weighted by Gasteiger charge is 2.38. The van der Waals surface area contributed by atoms with Crippen LogP contribution in [0.2, 0.25) is 5.15 Å². The number of hydrogen-bond donors (Lipinski definition) is 1. The molecule has 1 aromatic carbocycles. The summed E-state index contributed by atoms with van der Waals surface area (Å²) in [5, 5.41) is 14.5. The van der Waals surface area contributed by atoms with Gasteiger partial charge in [-0.05, 0) is 18.6 Å².